The first-order valence-electron chi connectivity index (χ1n) is 10.5. The second-order valence-corrected chi connectivity index (χ2v) is 7.25. The minimum atomic E-state index is -0.741. The normalized spacial score (nSPS) is 18.0. The lowest BCUT2D eigenvalue weighted by atomic mass is 10.2. The van der Waals surface area contributed by atoms with Gasteiger partial charge in [-0.2, -0.15) is 0 Å². The number of hydrogen-bond acceptors (Lipinski definition) is 9. The van der Waals surface area contributed by atoms with Gasteiger partial charge in [-0.05, 0) is 36.4 Å². The standard InChI is InChI=1S/C23H23N5O6/c1-32-18-9-7-17(8-10-18)28-20(23(31)34-26-28)15-19(22(30)25-27-11-13-33-14-12-27)24-21(29)16-5-3-2-4-6-16/h2-10,15,26H,11-14H2,1H3,(H,25,30)/b20-15+,24-19?. The molecule has 0 unspecified atom stereocenters. The summed E-state index contributed by atoms with van der Waals surface area (Å²) in [6.07, 6.45) is 1.21. The van der Waals surface area contributed by atoms with Gasteiger partial charge in [0.1, 0.15) is 11.5 Å². The number of anilines is 1. The fourth-order valence-electron chi connectivity index (χ4n) is 3.24. The van der Waals surface area contributed by atoms with Crippen LogP contribution in [-0.2, 0) is 19.2 Å². The largest absolute Gasteiger partial charge is 0.497 e. The van der Waals surface area contributed by atoms with Crippen LogP contribution in [0.15, 0.2) is 71.4 Å². The highest BCUT2D eigenvalue weighted by molar-refractivity contribution is 6.45. The van der Waals surface area contributed by atoms with E-state index in [1.165, 1.54) is 11.1 Å². The van der Waals surface area contributed by atoms with Gasteiger partial charge < -0.3 is 14.3 Å². The van der Waals surface area contributed by atoms with Gasteiger partial charge in [-0.15, -0.1) is 0 Å². The number of benzene rings is 2. The van der Waals surface area contributed by atoms with Crippen molar-refractivity contribution >= 4 is 29.2 Å². The van der Waals surface area contributed by atoms with Gasteiger partial charge in [0.2, 0.25) is 0 Å². The molecule has 2 N–H and O–H groups in total. The van der Waals surface area contributed by atoms with Crippen molar-refractivity contribution in [2.24, 2.45) is 4.99 Å². The first kappa shape index (κ1) is 23.1. The van der Waals surface area contributed by atoms with Crippen molar-refractivity contribution in [1.29, 1.82) is 0 Å². The third-order valence-corrected chi connectivity index (χ3v) is 5.03. The maximum Gasteiger partial charge on any atom is 0.376 e. The van der Waals surface area contributed by atoms with Crippen LogP contribution in [0.1, 0.15) is 10.4 Å². The molecule has 2 heterocycles. The van der Waals surface area contributed by atoms with Gasteiger partial charge >= 0.3 is 5.97 Å². The van der Waals surface area contributed by atoms with Gasteiger partial charge in [0, 0.05) is 24.7 Å². The van der Waals surface area contributed by atoms with Crippen LogP contribution < -0.4 is 20.8 Å². The minimum absolute atomic E-state index is 0.0260. The van der Waals surface area contributed by atoms with E-state index in [-0.39, 0.29) is 11.4 Å². The molecule has 2 saturated heterocycles. The molecule has 2 aromatic rings. The second kappa shape index (κ2) is 10.7. The number of amides is 2. The number of nitrogens with one attached hydrogen (secondary N) is 2. The highest BCUT2D eigenvalue weighted by Gasteiger charge is 2.31. The second-order valence-electron chi connectivity index (χ2n) is 7.25. The summed E-state index contributed by atoms with van der Waals surface area (Å²) >= 11 is 0. The van der Waals surface area contributed by atoms with Crippen molar-refractivity contribution in [3.63, 3.8) is 0 Å². The summed E-state index contributed by atoms with van der Waals surface area (Å²) in [5.74, 6) is -1.39. The molecule has 2 aromatic carbocycles. The number of aliphatic imine (C=N–C) groups is 1. The van der Waals surface area contributed by atoms with Crippen LogP contribution >= 0.6 is 0 Å². The van der Waals surface area contributed by atoms with E-state index >= 15 is 0 Å². The third-order valence-electron chi connectivity index (χ3n) is 5.03. The summed E-state index contributed by atoms with van der Waals surface area (Å²) in [4.78, 5) is 47.2. The third kappa shape index (κ3) is 5.46. The molecule has 0 atom stereocenters. The molecule has 2 aliphatic rings. The molecule has 2 amide bonds. The van der Waals surface area contributed by atoms with Crippen molar-refractivity contribution in [2.75, 3.05) is 38.4 Å². The zero-order valence-corrected chi connectivity index (χ0v) is 18.4. The van der Waals surface area contributed by atoms with Crippen molar-refractivity contribution < 1.29 is 28.7 Å². The maximum absolute atomic E-state index is 13.1. The fraction of sp³-hybridized carbons (Fsp3) is 0.217. The summed E-state index contributed by atoms with van der Waals surface area (Å²) in [5, 5.41) is 3.01. The molecule has 2 fully saturated rings. The topological polar surface area (TPSA) is 122 Å². The number of methoxy groups -OCH3 is 1. The molecule has 4 rings (SSSR count). The van der Waals surface area contributed by atoms with E-state index < -0.39 is 17.8 Å². The van der Waals surface area contributed by atoms with E-state index in [0.29, 0.717) is 43.3 Å². The van der Waals surface area contributed by atoms with E-state index in [1.807, 2.05) is 0 Å². The number of hydrogen-bond donors (Lipinski definition) is 2. The molecule has 0 bridgehead atoms. The monoisotopic (exact) mass is 465 g/mol. The Hall–Kier alpha value is -4.06. The van der Waals surface area contributed by atoms with Crippen LogP contribution in [0.4, 0.5) is 5.69 Å². The van der Waals surface area contributed by atoms with Gasteiger partial charge in [-0.3, -0.25) is 15.0 Å². The maximum atomic E-state index is 13.1. The molecule has 11 nitrogen and oxygen atoms in total. The number of carbonyl (C=O) groups is 3. The summed E-state index contributed by atoms with van der Waals surface area (Å²) < 4.78 is 10.5. The lowest BCUT2D eigenvalue weighted by molar-refractivity contribution is -0.140. The Bertz CT molecular complexity index is 1110. The van der Waals surface area contributed by atoms with Crippen LogP contribution in [0.5, 0.6) is 5.75 Å². The van der Waals surface area contributed by atoms with Crippen LogP contribution in [-0.4, -0.2) is 61.9 Å². The van der Waals surface area contributed by atoms with E-state index in [0.717, 1.165) is 0 Å². The molecule has 0 aromatic heterocycles. The van der Waals surface area contributed by atoms with Crippen LogP contribution in [0, 0.1) is 0 Å². The van der Waals surface area contributed by atoms with Gasteiger partial charge in [0.05, 0.1) is 26.0 Å². The molecule has 0 saturated carbocycles. The Labute approximate surface area is 195 Å². The highest BCUT2D eigenvalue weighted by atomic mass is 16.7. The number of morpholine rings is 1. The Morgan fingerprint density at radius 2 is 1.79 bits per heavy atom. The molecular formula is C23H23N5O6. The summed E-state index contributed by atoms with van der Waals surface area (Å²) in [6, 6.07) is 15.1. The molecule has 11 heteroatoms. The molecule has 176 valence electrons. The minimum Gasteiger partial charge on any atom is -0.497 e. The zero-order valence-electron chi connectivity index (χ0n) is 18.4. The molecular weight excluding hydrogens is 442 g/mol. The molecule has 0 radical (unpaired) electrons. The molecule has 0 spiro atoms. The van der Waals surface area contributed by atoms with Crippen molar-refractivity contribution in [3.8, 4) is 5.75 Å². The average Bonchev–Trinajstić information content (AvgIpc) is 3.24. The number of ether oxygens (including phenoxy) is 2. The smallest absolute Gasteiger partial charge is 0.376 e. The first-order chi connectivity index (χ1) is 16.5. The predicted octanol–water partition coefficient (Wildman–Crippen LogP) is 1.01. The summed E-state index contributed by atoms with van der Waals surface area (Å²) in [7, 11) is 1.54. The quantitative estimate of drug-likeness (QED) is 0.475. The zero-order chi connectivity index (χ0) is 23.9. The van der Waals surface area contributed by atoms with Crippen molar-refractivity contribution in [1.82, 2.24) is 16.0 Å². The van der Waals surface area contributed by atoms with E-state index in [9.17, 15) is 14.4 Å². The molecule has 0 aliphatic carbocycles. The van der Waals surface area contributed by atoms with E-state index in [4.69, 9.17) is 14.3 Å². The van der Waals surface area contributed by atoms with Crippen LogP contribution in [0.3, 0.4) is 0 Å². The number of hydrazine groups is 2. The van der Waals surface area contributed by atoms with E-state index in [2.05, 4.69) is 16.0 Å². The lowest BCUT2D eigenvalue weighted by Gasteiger charge is -2.26. The predicted molar refractivity (Wildman–Crippen MR) is 122 cm³/mol. The first-order valence-corrected chi connectivity index (χ1v) is 10.5. The highest BCUT2D eigenvalue weighted by Crippen LogP contribution is 2.24. The van der Waals surface area contributed by atoms with Gasteiger partial charge in [-0.25, -0.2) is 19.8 Å². The SMILES string of the molecule is COc1ccc(N2NOC(=O)/C2=C\C(=NC(=O)c2ccccc2)C(=O)NN2CCOCC2)cc1. The fourth-order valence-corrected chi connectivity index (χ4v) is 3.24. The number of nitrogens with zero attached hydrogens (tertiary/aromatic N) is 3. The van der Waals surface area contributed by atoms with Gasteiger partial charge in [-0.1, -0.05) is 23.8 Å². The van der Waals surface area contributed by atoms with E-state index in [1.54, 1.807) is 66.7 Å². The van der Waals surface area contributed by atoms with Gasteiger partial charge in [0.15, 0.2) is 5.70 Å². The Morgan fingerprint density at radius 3 is 2.47 bits per heavy atom. The Kier molecular flexibility index (Phi) is 7.28. The number of carbonyl (C=O) groups excluding carboxylic acids is 3. The molecule has 34 heavy (non-hydrogen) atoms. The lowest BCUT2D eigenvalue weighted by Crippen LogP contribution is -2.50. The Morgan fingerprint density at radius 1 is 1.09 bits per heavy atom. The van der Waals surface area contributed by atoms with Crippen molar-refractivity contribution in [3.05, 3.63) is 71.9 Å². The van der Waals surface area contributed by atoms with Crippen LogP contribution in [0.25, 0.3) is 0 Å². The van der Waals surface area contributed by atoms with Crippen LogP contribution in [0.2, 0.25) is 0 Å². The summed E-state index contributed by atoms with van der Waals surface area (Å²) in [5.41, 5.74) is 5.77. The Balaban J connectivity index is 1.67. The van der Waals surface area contributed by atoms with Crippen molar-refractivity contribution in [2.45, 2.75) is 0 Å². The summed E-state index contributed by atoms with van der Waals surface area (Å²) in [6.45, 7) is 1.87. The average molecular weight is 465 g/mol. The number of rotatable bonds is 6. The molecule has 2 aliphatic heterocycles. The van der Waals surface area contributed by atoms with Gasteiger partial charge in [0.25, 0.3) is 11.8 Å².